The monoisotopic (exact) mass is 318 g/mol. The molecule has 1 N–H and O–H groups in total. The lowest BCUT2D eigenvalue weighted by molar-refractivity contribution is -0.119. The standard InChI is InChI=1S/C18H26N2O3/c21-11-1-2-15-3-5-17-16(14-15)4-6-18(22)20(17)8-7-19-9-12-23-13-10-19/h3,5,14,21H,1-2,4,6-13H2. The van der Waals surface area contributed by atoms with Crippen molar-refractivity contribution in [2.75, 3.05) is 50.9 Å². The van der Waals surface area contributed by atoms with Gasteiger partial charge in [0.15, 0.2) is 0 Å². The van der Waals surface area contributed by atoms with Crippen molar-refractivity contribution in [2.45, 2.75) is 25.7 Å². The zero-order chi connectivity index (χ0) is 16.1. The molecule has 0 bridgehead atoms. The van der Waals surface area contributed by atoms with Crippen molar-refractivity contribution < 1.29 is 14.6 Å². The van der Waals surface area contributed by atoms with Gasteiger partial charge >= 0.3 is 0 Å². The molecule has 1 aromatic rings. The van der Waals surface area contributed by atoms with Crippen molar-refractivity contribution in [3.05, 3.63) is 29.3 Å². The van der Waals surface area contributed by atoms with Crippen LogP contribution in [0.3, 0.4) is 0 Å². The number of anilines is 1. The van der Waals surface area contributed by atoms with E-state index in [0.717, 1.165) is 64.3 Å². The quantitative estimate of drug-likeness (QED) is 0.857. The summed E-state index contributed by atoms with van der Waals surface area (Å²) >= 11 is 0. The number of morpholine rings is 1. The summed E-state index contributed by atoms with van der Waals surface area (Å²) in [4.78, 5) is 16.6. The van der Waals surface area contributed by atoms with Gasteiger partial charge < -0.3 is 14.7 Å². The van der Waals surface area contributed by atoms with Gasteiger partial charge in [0.1, 0.15) is 0 Å². The maximum atomic E-state index is 12.3. The molecule has 5 heteroatoms. The van der Waals surface area contributed by atoms with E-state index in [-0.39, 0.29) is 12.5 Å². The summed E-state index contributed by atoms with van der Waals surface area (Å²) in [6.45, 7) is 5.37. The zero-order valence-corrected chi connectivity index (χ0v) is 13.7. The molecular weight excluding hydrogens is 292 g/mol. The van der Waals surface area contributed by atoms with Gasteiger partial charge in [-0.2, -0.15) is 0 Å². The Morgan fingerprint density at radius 1 is 1.13 bits per heavy atom. The fourth-order valence-corrected chi connectivity index (χ4v) is 3.36. The Hall–Kier alpha value is -1.43. The molecule has 23 heavy (non-hydrogen) atoms. The van der Waals surface area contributed by atoms with E-state index in [1.54, 1.807) is 0 Å². The van der Waals surface area contributed by atoms with Crippen LogP contribution in [0.5, 0.6) is 0 Å². The lowest BCUT2D eigenvalue weighted by Crippen LogP contribution is -2.44. The summed E-state index contributed by atoms with van der Waals surface area (Å²) in [5.41, 5.74) is 3.59. The average Bonchev–Trinajstić information content (AvgIpc) is 2.60. The van der Waals surface area contributed by atoms with E-state index in [2.05, 4.69) is 23.1 Å². The summed E-state index contributed by atoms with van der Waals surface area (Å²) in [7, 11) is 0. The Balaban J connectivity index is 1.67. The van der Waals surface area contributed by atoms with Crippen molar-refractivity contribution in [1.82, 2.24) is 4.90 Å². The van der Waals surface area contributed by atoms with Crippen LogP contribution in [-0.4, -0.2) is 61.9 Å². The molecule has 5 nitrogen and oxygen atoms in total. The number of hydrogen-bond donors (Lipinski definition) is 1. The van der Waals surface area contributed by atoms with Crippen LogP contribution in [0.15, 0.2) is 18.2 Å². The molecule has 0 radical (unpaired) electrons. The van der Waals surface area contributed by atoms with E-state index in [0.29, 0.717) is 6.42 Å². The summed E-state index contributed by atoms with van der Waals surface area (Å²) in [5.74, 6) is 0.230. The molecule has 1 amide bonds. The number of aliphatic hydroxyl groups is 1. The van der Waals surface area contributed by atoms with Gasteiger partial charge in [0.25, 0.3) is 0 Å². The number of aliphatic hydroxyl groups excluding tert-OH is 1. The second-order valence-corrected chi connectivity index (χ2v) is 6.29. The molecule has 1 saturated heterocycles. The SMILES string of the molecule is O=C1CCc2cc(CCCO)ccc2N1CCN1CCOCC1. The van der Waals surface area contributed by atoms with Gasteiger partial charge in [0.05, 0.1) is 13.2 Å². The highest BCUT2D eigenvalue weighted by Crippen LogP contribution is 2.29. The minimum Gasteiger partial charge on any atom is -0.396 e. The Labute approximate surface area is 137 Å². The van der Waals surface area contributed by atoms with E-state index >= 15 is 0 Å². The van der Waals surface area contributed by atoms with Crippen LogP contribution in [0.25, 0.3) is 0 Å². The molecule has 2 aliphatic heterocycles. The first-order valence-electron chi connectivity index (χ1n) is 8.61. The minimum atomic E-state index is 0.223. The number of rotatable bonds is 6. The first-order valence-corrected chi connectivity index (χ1v) is 8.61. The summed E-state index contributed by atoms with van der Waals surface area (Å²) < 4.78 is 5.37. The largest absolute Gasteiger partial charge is 0.396 e. The number of carbonyl (C=O) groups excluding carboxylic acids is 1. The Bertz CT molecular complexity index is 541. The molecule has 2 heterocycles. The first kappa shape index (κ1) is 16.4. The Morgan fingerprint density at radius 3 is 2.74 bits per heavy atom. The summed E-state index contributed by atoms with van der Waals surface area (Å²) in [6.07, 6.45) is 3.11. The van der Waals surface area contributed by atoms with E-state index in [1.807, 2.05) is 4.90 Å². The third-order valence-electron chi connectivity index (χ3n) is 4.71. The lowest BCUT2D eigenvalue weighted by atomic mass is 9.97. The maximum Gasteiger partial charge on any atom is 0.227 e. The van der Waals surface area contributed by atoms with Gasteiger partial charge in [0, 0.05) is 44.9 Å². The van der Waals surface area contributed by atoms with Gasteiger partial charge in [-0.05, 0) is 36.5 Å². The predicted molar refractivity (Wildman–Crippen MR) is 89.8 cm³/mol. The van der Waals surface area contributed by atoms with Crippen LogP contribution in [0.4, 0.5) is 5.69 Å². The third kappa shape index (κ3) is 4.10. The number of amides is 1. The second kappa shape index (κ2) is 7.90. The smallest absolute Gasteiger partial charge is 0.227 e. The molecular formula is C18H26N2O3. The van der Waals surface area contributed by atoms with E-state index in [9.17, 15) is 4.79 Å². The van der Waals surface area contributed by atoms with Crippen molar-refractivity contribution in [3.63, 3.8) is 0 Å². The number of ether oxygens (including phenoxy) is 1. The number of carbonyl (C=O) groups is 1. The second-order valence-electron chi connectivity index (χ2n) is 6.29. The molecule has 0 aliphatic carbocycles. The molecule has 1 aromatic carbocycles. The van der Waals surface area contributed by atoms with Gasteiger partial charge in [-0.1, -0.05) is 12.1 Å². The van der Waals surface area contributed by atoms with Gasteiger partial charge in [-0.25, -0.2) is 0 Å². The number of benzene rings is 1. The number of fused-ring (bicyclic) bond motifs is 1. The Morgan fingerprint density at radius 2 is 1.96 bits per heavy atom. The summed E-state index contributed by atoms with van der Waals surface area (Å²) in [6, 6.07) is 6.38. The van der Waals surface area contributed by atoms with Gasteiger partial charge in [-0.3, -0.25) is 9.69 Å². The molecule has 126 valence electrons. The maximum absolute atomic E-state index is 12.3. The van der Waals surface area contributed by atoms with Crippen molar-refractivity contribution in [1.29, 1.82) is 0 Å². The lowest BCUT2D eigenvalue weighted by Gasteiger charge is -2.33. The van der Waals surface area contributed by atoms with Crippen LogP contribution in [0, 0.1) is 0 Å². The molecule has 2 aliphatic rings. The van der Waals surface area contributed by atoms with Crippen LogP contribution in [-0.2, 0) is 22.4 Å². The highest BCUT2D eigenvalue weighted by Gasteiger charge is 2.24. The molecule has 0 aromatic heterocycles. The summed E-state index contributed by atoms with van der Waals surface area (Å²) in [5, 5.41) is 8.97. The zero-order valence-electron chi connectivity index (χ0n) is 13.7. The van der Waals surface area contributed by atoms with Crippen LogP contribution in [0.1, 0.15) is 24.0 Å². The normalized spacial score (nSPS) is 19.0. The fourth-order valence-electron chi connectivity index (χ4n) is 3.36. The fraction of sp³-hybridized carbons (Fsp3) is 0.611. The van der Waals surface area contributed by atoms with Crippen LogP contribution >= 0.6 is 0 Å². The van der Waals surface area contributed by atoms with Crippen LogP contribution < -0.4 is 4.90 Å². The van der Waals surface area contributed by atoms with E-state index < -0.39 is 0 Å². The van der Waals surface area contributed by atoms with E-state index in [4.69, 9.17) is 9.84 Å². The van der Waals surface area contributed by atoms with Gasteiger partial charge in [-0.15, -0.1) is 0 Å². The van der Waals surface area contributed by atoms with Crippen molar-refractivity contribution in [2.24, 2.45) is 0 Å². The van der Waals surface area contributed by atoms with Crippen LogP contribution in [0.2, 0.25) is 0 Å². The molecule has 0 atom stereocenters. The number of nitrogens with zero attached hydrogens (tertiary/aromatic N) is 2. The first-order chi connectivity index (χ1) is 11.3. The predicted octanol–water partition coefficient (Wildman–Crippen LogP) is 1.22. The molecule has 0 spiro atoms. The highest BCUT2D eigenvalue weighted by atomic mass is 16.5. The molecule has 0 unspecified atom stereocenters. The topological polar surface area (TPSA) is 53.0 Å². The number of aryl methyl sites for hydroxylation is 2. The Kier molecular flexibility index (Phi) is 5.65. The van der Waals surface area contributed by atoms with Gasteiger partial charge in [0.2, 0.25) is 5.91 Å². The van der Waals surface area contributed by atoms with Crippen molar-refractivity contribution >= 4 is 11.6 Å². The molecule has 3 rings (SSSR count). The van der Waals surface area contributed by atoms with E-state index in [1.165, 1.54) is 11.1 Å². The average molecular weight is 318 g/mol. The van der Waals surface area contributed by atoms with Crippen molar-refractivity contribution in [3.8, 4) is 0 Å². The third-order valence-corrected chi connectivity index (χ3v) is 4.71. The highest BCUT2D eigenvalue weighted by molar-refractivity contribution is 5.96. The molecule has 0 saturated carbocycles. The number of hydrogen-bond acceptors (Lipinski definition) is 4. The molecule has 1 fully saturated rings. The minimum absolute atomic E-state index is 0.223.